The number of nitrogens with one attached hydrogen (secondary N) is 1. The molecule has 0 aromatic carbocycles. The van der Waals surface area contributed by atoms with E-state index in [2.05, 4.69) is 26.2 Å². The first-order chi connectivity index (χ1) is 7.22. The molecule has 1 aromatic rings. The average molecular weight is 273 g/mol. The summed E-state index contributed by atoms with van der Waals surface area (Å²) in [6, 6.07) is 3.69. The highest BCUT2D eigenvalue weighted by Crippen LogP contribution is 2.07. The smallest absolute Gasteiger partial charge is 0.226 e. The van der Waals surface area contributed by atoms with Gasteiger partial charge in [0.2, 0.25) is 5.91 Å². The van der Waals surface area contributed by atoms with Gasteiger partial charge in [0.1, 0.15) is 0 Å². The third kappa shape index (κ3) is 4.90. The monoisotopic (exact) mass is 272 g/mol. The zero-order valence-corrected chi connectivity index (χ0v) is 10.1. The van der Waals surface area contributed by atoms with E-state index in [0.717, 1.165) is 10.2 Å². The van der Waals surface area contributed by atoms with E-state index in [0.29, 0.717) is 19.6 Å². The number of ether oxygens (including phenoxy) is 1. The van der Waals surface area contributed by atoms with Crippen molar-refractivity contribution in [2.75, 3.05) is 20.3 Å². The summed E-state index contributed by atoms with van der Waals surface area (Å²) in [6.07, 6.45) is 1.98. The Balaban J connectivity index is 2.34. The number of aromatic nitrogens is 1. The van der Waals surface area contributed by atoms with Gasteiger partial charge in [-0.05, 0) is 28.1 Å². The molecule has 0 aliphatic carbocycles. The summed E-state index contributed by atoms with van der Waals surface area (Å²) in [5, 5.41) is 2.73. The van der Waals surface area contributed by atoms with Crippen LogP contribution in [0.25, 0.3) is 0 Å². The fourth-order valence-corrected chi connectivity index (χ4v) is 1.27. The number of halogens is 1. The van der Waals surface area contributed by atoms with Crippen LogP contribution in [-0.4, -0.2) is 31.2 Å². The lowest BCUT2D eigenvalue weighted by Gasteiger charge is -2.03. The summed E-state index contributed by atoms with van der Waals surface area (Å²) < 4.78 is 5.73. The number of methoxy groups -OCH3 is 1. The summed E-state index contributed by atoms with van der Waals surface area (Å²) in [6.45, 7) is 1.06. The maximum atomic E-state index is 11.4. The maximum Gasteiger partial charge on any atom is 0.226 e. The summed E-state index contributed by atoms with van der Waals surface area (Å²) in [4.78, 5) is 15.5. The highest BCUT2D eigenvalue weighted by Gasteiger charge is 2.03. The minimum absolute atomic E-state index is 0.0399. The third-order valence-corrected chi connectivity index (χ3v) is 2.23. The van der Waals surface area contributed by atoms with Gasteiger partial charge in [-0.3, -0.25) is 9.78 Å². The molecule has 0 aliphatic heterocycles. The molecule has 0 bridgehead atoms. The molecule has 0 fully saturated rings. The molecule has 1 N–H and O–H groups in total. The van der Waals surface area contributed by atoms with Gasteiger partial charge in [-0.15, -0.1) is 0 Å². The van der Waals surface area contributed by atoms with E-state index in [9.17, 15) is 4.79 Å². The lowest BCUT2D eigenvalue weighted by Crippen LogP contribution is -2.28. The molecule has 1 aromatic heterocycles. The van der Waals surface area contributed by atoms with E-state index in [-0.39, 0.29) is 5.91 Å². The molecular weight excluding hydrogens is 260 g/mol. The van der Waals surface area contributed by atoms with E-state index >= 15 is 0 Å². The molecule has 82 valence electrons. The summed E-state index contributed by atoms with van der Waals surface area (Å²) in [5.74, 6) is -0.0399. The van der Waals surface area contributed by atoms with Crippen molar-refractivity contribution in [3.63, 3.8) is 0 Å². The number of hydrogen-bond acceptors (Lipinski definition) is 3. The maximum absolute atomic E-state index is 11.4. The van der Waals surface area contributed by atoms with Crippen molar-refractivity contribution in [2.24, 2.45) is 0 Å². The second-order valence-corrected chi connectivity index (χ2v) is 3.90. The van der Waals surface area contributed by atoms with E-state index < -0.39 is 0 Å². The van der Waals surface area contributed by atoms with Crippen LogP contribution in [-0.2, 0) is 16.0 Å². The lowest BCUT2D eigenvalue weighted by atomic mass is 10.2. The standard InChI is InChI=1S/C10H13BrN2O2/c1-15-5-4-12-10(14)6-9-3-2-8(11)7-13-9/h2-3,7H,4-6H2,1H3,(H,12,14). The number of rotatable bonds is 5. The Labute approximate surface area is 97.2 Å². The van der Waals surface area contributed by atoms with Gasteiger partial charge in [0.15, 0.2) is 0 Å². The van der Waals surface area contributed by atoms with Crippen molar-refractivity contribution in [1.29, 1.82) is 0 Å². The Bertz CT molecular complexity index is 314. The van der Waals surface area contributed by atoms with Crippen molar-refractivity contribution in [2.45, 2.75) is 6.42 Å². The fourth-order valence-electron chi connectivity index (χ4n) is 1.03. The Kier molecular flexibility index (Phi) is 5.28. The zero-order chi connectivity index (χ0) is 11.1. The van der Waals surface area contributed by atoms with E-state index in [1.165, 1.54) is 0 Å². The van der Waals surface area contributed by atoms with Crippen molar-refractivity contribution < 1.29 is 9.53 Å². The van der Waals surface area contributed by atoms with Crippen LogP contribution < -0.4 is 5.32 Å². The van der Waals surface area contributed by atoms with Crippen LogP contribution in [0.15, 0.2) is 22.8 Å². The highest BCUT2D eigenvalue weighted by molar-refractivity contribution is 9.10. The van der Waals surface area contributed by atoms with Gasteiger partial charge >= 0.3 is 0 Å². The van der Waals surface area contributed by atoms with Crippen LogP contribution >= 0.6 is 15.9 Å². The highest BCUT2D eigenvalue weighted by atomic mass is 79.9. The molecule has 0 aliphatic rings. The Morgan fingerprint density at radius 1 is 1.60 bits per heavy atom. The minimum Gasteiger partial charge on any atom is -0.383 e. The molecule has 0 radical (unpaired) electrons. The minimum atomic E-state index is -0.0399. The second-order valence-electron chi connectivity index (χ2n) is 2.99. The molecule has 0 saturated heterocycles. The zero-order valence-electron chi connectivity index (χ0n) is 8.50. The summed E-state index contributed by atoms with van der Waals surface area (Å²) in [7, 11) is 1.60. The lowest BCUT2D eigenvalue weighted by molar-refractivity contribution is -0.120. The largest absolute Gasteiger partial charge is 0.383 e. The van der Waals surface area contributed by atoms with Gasteiger partial charge in [0.05, 0.1) is 13.0 Å². The van der Waals surface area contributed by atoms with Gasteiger partial charge in [-0.25, -0.2) is 0 Å². The van der Waals surface area contributed by atoms with Crippen LogP contribution in [0, 0.1) is 0 Å². The van der Waals surface area contributed by atoms with Crippen LogP contribution in [0.2, 0.25) is 0 Å². The Morgan fingerprint density at radius 2 is 2.40 bits per heavy atom. The predicted molar refractivity (Wildman–Crippen MR) is 60.5 cm³/mol. The van der Waals surface area contributed by atoms with Crippen LogP contribution in [0.1, 0.15) is 5.69 Å². The SMILES string of the molecule is COCCNC(=O)Cc1ccc(Br)cn1. The third-order valence-electron chi connectivity index (χ3n) is 1.76. The quantitative estimate of drug-likeness (QED) is 0.819. The van der Waals surface area contributed by atoms with Gasteiger partial charge in [-0.1, -0.05) is 0 Å². The number of hydrogen-bond donors (Lipinski definition) is 1. The van der Waals surface area contributed by atoms with Crippen molar-refractivity contribution in [3.05, 3.63) is 28.5 Å². The molecule has 1 amide bonds. The van der Waals surface area contributed by atoms with E-state index in [1.807, 2.05) is 12.1 Å². The molecule has 15 heavy (non-hydrogen) atoms. The molecule has 1 rings (SSSR count). The van der Waals surface area contributed by atoms with Gasteiger partial charge in [0.25, 0.3) is 0 Å². The van der Waals surface area contributed by atoms with Gasteiger partial charge in [-0.2, -0.15) is 0 Å². The van der Waals surface area contributed by atoms with Crippen LogP contribution in [0.3, 0.4) is 0 Å². The number of amides is 1. The first-order valence-corrected chi connectivity index (χ1v) is 5.37. The first-order valence-electron chi connectivity index (χ1n) is 4.58. The molecule has 0 saturated carbocycles. The van der Waals surface area contributed by atoms with Gasteiger partial charge in [0, 0.05) is 30.0 Å². The topological polar surface area (TPSA) is 51.2 Å². The van der Waals surface area contributed by atoms with Crippen LogP contribution in [0.4, 0.5) is 0 Å². The second kappa shape index (κ2) is 6.53. The Hall–Kier alpha value is -0.940. The number of pyridine rings is 1. The molecule has 1 heterocycles. The van der Waals surface area contributed by atoms with E-state index in [1.54, 1.807) is 13.3 Å². The number of nitrogens with zero attached hydrogens (tertiary/aromatic N) is 1. The normalized spacial score (nSPS) is 10.0. The fraction of sp³-hybridized carbons (Fsp3) is 0.400. The molecule has 4 nitrogen and oxygen atoms in total. The molecule has 0 atom stereocenters. The molecule has 0 spiro atoms. The van der Waals surface area contributed by atoms with Gasteiger partial charge < -0.3 is 10.1 Å². The molecule has 0 unspecified atom stereocenters. The molecule has 5 heteroatoms. The number of carbonyl (C=O) groups excluding carboxylic acids is 1. The number of carbonyl (C=O) groups is 1. The van der Waals surface area contributed by atoms with Crippen molar-refractivity contribution in [1.82, 2.24) is 10.3 Å². The van der Waals surface area contributed by atoms with Crippen molar-refractivity contribution in [3.8, 4) is 0 Å². The first kappa shape index (κ1) is 12.1. The average Bonchev–Trinajstić information content (AvgIpc) is 2.22. The van der Waals surface area contributed by atoms with Crippen molar-refractivity contribution >= 4 is 21.8 Å². The predicted octanol–water partition coefficient (Wildman–Crippen LogP) is 1.15. The summed E-state index contributed by atoms with van der Waals surface area (Å²) in [5.41, 5.74) is 0.758. The van der Waals surface area contributed by atoms with Crippen LogP contribution in [0.5, 0.6) is 0 Å². The summed E-state index contributed by atoms with van der Waals surface area (Å²) >= 11 is 3.28. The Morgan fingerprint density at radius 3 is 3.00 bits per heavy atom. The molecular formula is C10H13BrN2O2. The van der Waals surface area contributed by atoms with E-state index in [4.69, 9.17) is 4.74 Å².